The van der Waals surface area contributed by atoms with E-state index >= 15 is 0 Å². The molecule has 1 aliphatic rings. The van der Waals surface area contributed by atoms with Crippen molar-refractivity contribution < 1.29 is 9.53 Å². The highest BCUT2D eigenvalue weighted by Crippen LogP contribution is 2.42. The topological polar surface area (TPSA) is 26.3 Å². The van der Waals surface area contributed by atoms with Gasteiger partial charge in [0.05, 0.1) is 6.61 Å². The van der Waals surface area contributed by atoms with Crippen LogP contribution in [0.15, 0.2) is 0 Å². The number of hydrogen-bond donors (Lipinski definition) is 0. The number of ether oxygens (including phenoxy) is 1. The summed E-state index contributed by atoms with van der Waals surface area (Å²) in [4.78, 5) is 10.6. The van der Waals surface area contributed by atoms with Crippen molar-refractivity contribution >= 4 is 5.97 Å². The Morgan fingerprint density at radius 2 is 1.93 bits per heavy atom. The molecule has 15 heavy (non-hydrogen) atoms. The van der Waals surface area contributed by atoms with Crippen molar-refractivity contribution in [3.63, 3.8) is 0 Å². The minimum atomic E-state index is -0.149. The maximum absolute atomic E-state index is 10.6. The van der Waals surface area contributed by atoms with Crippen molar-refractivity contribution in [2.75, 3.05) is 6.61 Å². The van der Waals surface area contributed by atoms with E-state index in [0.717, 1.165) is 6.42 Å². The third kappa shape index (κ3) is 4.23. The highest BCUT2D eigenvalue weighted by atomic mass is 16.5. The van der Waals surface area contributed by atoms with Crippen molar-refractivity contribution in [3.05, 3.63) is 0 Å². The lowest BCUT2D eigenvalue weighted by Gasteiger charge is -2.36. The van der Waals surface area contributed by atoms with Gasteiger partial charge < -0.3 is 4.74 Å². The Bertz CT molecular complexity index is 193. The first-order chi connectivity index (χ1) is 7.18. The Morgan fingerprint density at radius 3 is 2.47 bits per heavy atom. The largest absolute Gasteiger partial charge is 0.466 e. The van der Waals surface area contributed by atoms with E-state index in [1.54, 1.807) is 0 Å². The summed E-state index contributed by atoms with van der Waals surface area (Å²) in [6, 6.07) is 0. The Hall–Kier alpha value is -0.530. The molecule has 2 heteroatoms. The van der Waals surface area contributed by atoms with Crippen LogP contribution in [-0.2, 0) is 9.53 Å². The van der Waals surface area contributed by atoms with E-state index in [2.05, 4.69) is 6.92 Å². The third-order valence-electron chi connectivity index (χ3n) is 3.82. The smallest absolute Gasteiger partial charge is 0.302 e. The van der Waals surface area contributed by atoms with Crippen LogP contribution in [0, 0.1) is 5.41 Å². The molecule has 0 bridgehead atoms. The fraction of sp³-hybridized carbons (Fsp3) is 0.923. The predicted octanol–water partition coefficient (Wildman–Crippen LogP) is 3.69. The first kappa shape index (κ1) is 12.5. The van der Waals surface area contributed by atoms with Gasteiger partial charge in [-0.2, -0.15) is 0 Å². The summed E-state index contributed by atoms with van der Waals surface area (Å²) in [5.74, 6) is -0.149. The molecule has 0 aromatic rings. The standard InChI is InChI=1S/C13H24O2/c1-3-13(8-5-4-6-9-13)10-7-11-15-12(2)14/h3-11H2,1-2H3. The molecule has 0 saturated heterocycles. The van der Waals surface area contributed by atoms with Crippen LogP contribution in [0.4, 0.5) is 0 Å². The number of rotatable bonds is 5. The van der Waals surface area contributed by atoms with Crippen LogP contribution in [0.3, 0.4) is 0 Å². The van der Waals surface area contributed by atoms with Gasteiger partial charge in [-0.05, 0) is 31.1 Å². The summed E-state index contributed by atoms with van der Waals surface area (Å²) >= 11 is 0. The highest BCUT2D eigenvalue weighted by molar-refractivity contribution is 5.65. The molecule has 1 aliphatic carbocycles. The average molecular weight is 212 g/mol. The molecule has 0 N–H and O–H groups in total. The van der Waals surface area contributed by atoms with E-state index < -0.39 is 0 Å². The lowest BCUT2D eigenvalue weighted by molar-refractivity contribution is -0.141. The minimum absolute atomic E-state index is 0.149. The lowest BCUT2D eigenvalue weighted by Crippen LogP contribution is -2.23. The molecular weight excluding hydrogens is 188 g/mol. The zero-order valence-corrected chi connectivity index (χ0v) is 10.2. The maximum atomic E-state index is 10.6. The monoisotopic (exact) mass is 212 g/mol. The van der Waals surface area contributed by atoms with E-state index in [4.69, 9.17) is 4.74 Å². The molecule has 0 aliphatic heterocycles. The van der Waals surface area contributed by atoms with E-state index in [1.807, 2.05) is 0 Å². The average Bonchev–Trinajstić information content (AvgIpc) is 2.26. The van der Waals surface area contributed by atoms with Crippen LogP contribution in [0.5, 0.6) is 0 Å². The van der Waals surface area contributed by atoms with Gasteiger partial charge >= 0.3 is 5.97 Å². The van der Waals surface area contributed by atoms with Gasteiger partial charge in [0.15, 0.2) is 0 Å². The third-order valence-corrected chi connectivity index (χ3v) is 3.82. The Morgan fingerprint density at radius 1 is 1.27 bits per heavy atom. The van der Waals surface area contributed by atoms with E-state index in [-0.39, 0.29) is 5.97 Å². The van der Waals surface area contributed by atoms with Crippen molar-refractivity contribution in [2.24, 2.45) is 5.41 Å². The number of hydrogen-bond acceptors (Lipinski definition) is 2. The van der Waals surface area contributed by atoms with Crippen LogP contribution in [-0.4, -0.2) is 12.6 Å². The minimum Gasteiger partial charge on any atom is -0.466 e. The SMILES string of the molecule is CCC1(CCCOC(C)=O)CCCCC1. The Balaban J connectivity index is 2.23. The van der Waals surface area contributed by atoms with Crippen LogP contribution in [0.1, 0.15) is 65.2 Å². The van der Waals surface area contributed by atoms with Gasteiger partial charge in [0.25, 0.3) is 0 Å². The summed E-state index contributed by atoms with van der Waals surface area (Å²) in [5, 5.41) is 0. The second-order valence-corrected chi connectivity index (χ2v) is 4.86. The fourth-order valence-electron chi connectivity index (χ4n) is 2.75. The molecule has 0 spiro atoms. The zero-order valence-electron chi connectivity index (χ0n) is 10.2. The van der Waals surface area contributed by atoms with Crippen LogP contribution in [0.2, 0.25) is 0 Å². The molecule has 1 fully saturated rings. The summed E-state index contributed by atoms with van der Waals surface area (Å²) in [7, 11) is 0. The van der Waals surface area contributed by atoms with E-state index in [0.29, 0.717) is 12.0 Å². The van der Waals surface area contributed by atoms with Crippen LogP contribution in [0.25, 0.3) is 0 Å². The maximum Gasteiger partial charge on any atom is 0.302 e. The second-order valence-electron chi connectivity index (χ2n) is 4.86. The summed E-state index contributed by atoms with van der Waals surface area (Å²) in [5.41, 5.74) is 0.568. The van der Waals surface area contributed by atoms with Gasteiger partial charge in [-0.25, -0.2) is 0 Å². The van der Waals surface area contributed by atoms with Crippen LogP contribution >= 0.6 is 0 Å². The van der Waals surface area contributed by atoms with E-state index in [9.17, 15) is 4.79 Å². The van der Waals surface area contributed by atoms with E-state index in [1.165, 1.54) is 51.9 Å². The summed E-state index contributed by atoms with van der Waals surface area (Å²) in [6.45, 7) is 4.39. The molecule has 0 unspecified atom stereocenters. The molecule has 1 rings (SSSR count). The molecule has 1 saturated carbocycles. The molecule has 0 atom stereocenters. The first-order valence-electron chi connectivity index (χ1n) is 6.32. The molecular formula is C13H24O2. The highest BCUT2D eigenvalue weighted by Gasteiger charge is 2.29. The number of esters is 1. The second kappa shape index (κ2) is 6.14. The van der Waals surface area contributed by atoms with Gasteiger partial charge in [0.2, 0.25) is 0 Å². The molecule has 0 amide bonds. The van der Waals surface area contributed by atoms with Gasteiger partial charge in [-0.1, -0.05) is 32.6 Å². The molecule has 0 aromatic carbocycles. The van der Waals surface area contributed by atoms with Crippen molar-refractivity contribution in [3.8, 4) is 0 Å². The van der Waals surface area contributed by atoms with Crippen molar-refractivity contribution in [1.29, 1.82) is 0 Å². The van der Waals surface area contributed by atoms with Gasteiger partial charge in [-0.3, -0.25) is 4.79 Å². The Kier molecular flexibility index (Phi) is 5.13. The summed E-state index contributed by atoms with van der Waals surface area (Å²) in [6.07, 6.45) is 10.5. The normalized spacial score (nSPS) is 19.9. The lowest BCUT2D eigenvalue weighted by atomic mass is 9.69. The molecule has 0 heterocycles. The number of carbonyl (C=O) groups excluding carboxylic acids is 1. The van der Waals surface area contributed by atoms with Gasteiger partial charge in [0, 0.05) is 6.92 Å². The van der Waals surface area contributed by atoms with Crippen molar-refractivity contribution in [1.82, 2.24) is 0 Å². The van der Waals surface area contributed by atoms with Crippen LogP contribution < -0.4 is 0 Å². The molecule has 0 aromatic heterocycles. The number of carbonyl (C=O) groups is 1. The first-order valence-corrected chi connectivity index (χ1v) is 6.32. The van der Waals surface area contributed by atoms with Gasteiger partial charge in [-0.15, -0.1) is 0 Å². The molecule has 0 radical (unpaired) electrons. The van der Waals surface area contributed by atoms with Crippen molar-refractivity contribution in [2.45, 2.75) is 65.2 Å². The Labute approximate surface area is 93.4 Å². The molecule has 2 nitrogen and oxygen atoms in total. The summed E-state index contributed by atoms with van der Waals surface area (Å²) < 4.78 is 4.98. The zero-order chi connectivity index (χ0) is 11.1. The predicted molar refractivity (Wildman–Crippen MR) is 61.7 cm³/mol. The fourth-order valence-corrected chi connectivity index (χ4v) is 2.75. The van der Waals surface area contributed by atoms with Gasteiger partial charge in [0.1, 0.15) is 0 Å². The molecule has 88 valence electrons. The quantitative estimate of drug-likeness (QED) is 0.513.